The summed E-state index contributed by atoms with van der Waals surface area (Å²) in [5.74, 6) is -0.0941. The van der Waals surface area contributed by atoms with Gasteiger partial charge < -0.3 is 10.1 Å². The van der Waals surface area contributed by atoms with E-state index in [4.69, 9.17) is 4.74 Å². The molecule has 0 aliphatic heterocycles. The number of carbonyl (C=O) groups is 1. The van der Waals surface area contributed by atoms with Gasteiger partial charge in [0.25, 0.3) is 5.91 Å². The fourth-order valence-corrected chi connectivity index (χ4v) is 1.60. The van der Waals surface area contributed by atoms with Gasteiger partial charge in [-0.1, -0.05) is 32.0 Å². The fourth-order valence-electron chi connectivity index (χ4n) is 1.60. The Hall–Kier alpha value is -1.35. The predicted octanol–water partition coefficient (Wildman–Crippen LogP) is 3.00. The lowest BCUT2D eigenvalue weighted by Gasteiger charge is -2.25. The maximum absolute atomic E-state index is 12.1. The second-order valence-corrected chi connectivity index (χ2v) is 4.25. The van der Waals surface area contributed by atoms with Gasteiger partial charge in [0.1, 0.15) is 5.60 Å². The highest BCUT2D eigenvalue weighted by Gasteiger charge is 2.31. The van der Waals surface area contributed by atoms with Gasteiger partial charge in [0.2, 0.25) is 0 Å². The van der Waals surface area contributed by atoms with Crippen molar-refractivity contribution in [2.45, 2.75) is 39.2 Å². The number of hydrogen-bond acceptors (Lipinski definition) is 2. The van der Waals surface area contributed by atoms with Crippen molar-refractivity contribution in [1.82, 2.24) is 0 Å². The van der Waals surface area contributed by atoms with Crippen molar-refractivity contribution in [2.24, 2.45) is 0 Å². The minimum atomic E-state index is -0.763. The average molecular weight is 235 g/mol. The number of aryl methyl sites for hydroxylation is 1. The van der Waals surface area contributed by atoms with Crippen LogP contribution in [0.3, 0.4) is 0 Å². The van der Waals surface area contributed by atoms with Crippen LogP contribution in [0.15, 0.2) is 24.3 Å². The first-order valence-corrected chi connectivity index (χ1v) is 6.02. The van der Waals surface area contributed by atoms with Crippen LogP contribution in [0, 0.1) is 0 Å². The Morgan fingerprint density at radius 1 is 1.35 bits per heavy atom. The molecule has 0 fully saturated rings. The van der Waals surface area contributed by atoms with E-state index in [9.17, 15) is 4.79 Å². The molecule has 3 heteroatoms. The van der Waals surface area contributed by atoms with Crippen molar-refractivity contribution < 1.29 is 9.53 Å². The molecule has 0 aliphatic rings. The molecule has 1 atom stereocenters. The predicted molar refractivity (Wildman–Crippen MR) is 70.2 cm³/mol. The van der Waals surface area contributed by atoms with E-state index in [1.807, 2.05) is 31.2 Å². The smallest absolute Gasteiger partial charge is 0.256 e. The molecule has 1 unspecified atom stereocenters. The van der Waals surface area contributed by atoms with Crippen LogP contribution in [0.25, 0.3) is 0 Å². The molecular formula is C14H21NO2. The topological polar surface area (TPSA) is 38.3 Å². The molecule has 0 aromatic heterocycles. The molecule has 1 amide bonds. The Morgan fingerprint density at radius 3 is 2.53 bits per heavy atom. The number of hydrogen-bond donors (Lipinski definition) is 1. The third kappa shape index (κ3) is 3.07. The van der Waals surface area contributed by atoms with Gasteiger partial charge in [-0.05, 0) is 31.4 Å². The number of methoxy groups -OCH3 is 1. The summed E-state index contributed by atoms with van der Waals surface area (Å²) in [4.78, 5) is 12.1. The van der Waals surface area contributed by atoms with Gasteiger partial charge in [0.15, 0.2) is 0 Å². The van der Waals surface area contributed by atoms with Gasteiger partial charge in [-0.15, -0.1) is 0 Å². The first-order chi connectivity index (χ1) is 8.07. The molecule has 1 aromatic carbocycles. The first-order valence-electron chi connectivity index (χ1n) is 6.02. The lowest BCUT2D eigenvalue weighted by Crippen LogP contribution is -2.41. The molecule has 0 spiro atoms. The number of amides is 1. The minimum Gasteiger partial charge on any atom is -0.369 e. The Balaban J connectivity index is 2.87. The summed E-state index contributed by atoms with van der Waals surface area (Å²) in [7, 11) is 1.56. The Labute approximate surface area is 103 Å². The number of ether oxygens (including phenoxy) is 1. The van der Waals surface area contributed by atoms with Crippen LogP contribution in [0.1, 0.15) is 32.8 Å². The van der Waals surface area contributed by atoms with Crippen LogP contribution in [-0.4, -0.2) is 18.6 Å². The van der Waals surface area contributed by atoms with Crippen molar-refractivity contribution in [2.75, 3.05) is 12.4 Å². The minimum absolute atomic E-state index is 0.0941. The molecule has 3 nitrogen and oxygen atoms in total. The molecular weight excluding hydrogens is 214 g/mol. The highest BCUT2D eigenvalue weighted by atomic mass is 16.5. The quantitative estimate of drug-likeness (QED) is 0.852. The van der Waals surface area contributed by atoms with E-state index in [-0.39, 0.29) is 5.91 Å². The fraction of sp³-hybridized carbons (Fsp3) is 0.500. The van der Waals surface area contributed by atoms with Crippen molar-refractivity contribution in [3.05, 3.63) is 29.8 Å². The van der Waals surface area contributed by atoms with E-state index in [2.05, 4.69) is 12.2 Å². The third-order valence-corrected chi connectivity index (χ3v) is 3.25. The normalized spacial score (nSPS) is 14.1. The molecule has 0 saturated carbocycles. The molecule has 94 valence electrons. The van der Waals surface area contributed by atoms with Crippen LogP contribution >= 0.6 is 0 Å². The molecule has 0 aliphatic carbocycles. The highest BCUT2D eigenvalue weighted by Crippen LogP contribution is 2.20. The van der Waals surface area contributed by atoms with Crippen LogP contribution < -0.4 is 5.32 Å². The standard InChI is InChI=1S/C14H21NO2/c1-5-11-9-7-8-10-12(11)15-13(16)14(3,6-2)17-4/h7-10H,5-6H2,1-4H3,(H,15,16). The number of para-hydroxylation sites is 1. The molecule has 0 radical (unpaired) electrons. The Kier molecular flexibility index (Phi) is 4.70. The largest absolute Gasteiger partial charge is 0.369 e. The summed E-state index contributed by atoms with van der Waals surface area (Å²) in [5, 5.41) is 2.94. The van der Waals surface area contributed by atoms with Crippen LogP contribution in [0.2, 0.25) is 0 Å². The monoisotopic (exact) mass is 235 g/mol. The zero-order chi connectivity index (χ0) is 12.9. The average Bonchev–Trinajstić information content (AvgIpc) is 2.38. The molecule has 1 aromatic rings. The van der Waals surface area contributed by atoms with Crippen molar-refractivity contribution in [3.8, 4) is 0 Å². The van der Waals surface area contributed by atoms with Crippen molar-refractivity contribution >= 4 is 11.6 Å². The van der Waals surface area contributed by atoms with Crippen LogP contribution in [0.4, 0.5) is 5.69 Å². The van der Waals surface area contributed by atoms with Crippen molar-refractivity contribution in [1.29, 1.82) is 0 Å². The number of rotatable bonds is 5. The van der Waals surface area contributed by atoms with E-state index in [1.165, 1.54) is 0 Å². The van der Waals surface area contributed by atoms with Gasteiger partial charge in [-0.2, -0.15) is 0 Å². The number of nitrogens with one attached hydrogen (secondary N) is 1. The van der Waals surface area contributed by atoms with E-state index in [0.29, 0.717) is 6.42 Å². The van der Waals surface area contributed by atoms with Gasteiger partial charge in [-0.3, -0.25) is 4.79 Å². The molecule has 0 bridgehead atoms. The van der Waals surface area contributed by atoms with E-state index < -0.39 is 5.60 Å². The number of anilines is 1. The summed E-state index contributed by atoms with van der Waals surface area (Å²) in [6.45, 7) is 5.81. The highest BCUT2D eigenvalue weighted by molar-refractivity contribution is 5.97. The maximum atomic E-state index is 12.1. The van der Waals surface area contributed by atoms with E-state index in [0.717, 1.165) is 17.7 Å². The summed E-state index contributed by atoms with van der Waals surface area (Å²) in [6, 6.07) is 7.84. The van der Waals surface area contributed by atoms with E-state index in [1.54, 1.807) is 14.0 Å². The Morgan fingerprint density at radius 2 is 2.00 bits per heavy atom. The summed E-state index contributed by atoms with van der Waals surface area (Å²) in [5.41, 5.74) is 1.24. The zero-order valence-corrected chi connectivity index (χ0v) is 11.0. The van der Waals surface area contributed by atoms with Gasteiger partial charge in [0.05, 0.1) is 0 Å². The third-order valence-electron chi connectivity index (χ3n) is 3.25. The molecule has 17 heavy (non-hydrogen) atoms. The molecule has 1 N–H and O–H groups in total. The lowest BCUT2D eigenvalue weighted by molar-refractivity contribution is -0.136. The maximum Gasteiger partial charge on any atom is 0.256 e. The van der Waals surface area contributed by atoms with Gasteiger partial charge in [0, 0.05) is 12.8 Å². The molecule has 0 heterocycles. The van der Waals surface area contributed by atoms with Gasteiger partial charge >= 0.3 is 0 Å². The molecule has 1 rings (SSSR count). The van der Waals surface area contributed by atoms with Crippen LogP contribution in [0.5, 0.6) is 0 Å². The second kappa shape index (κ2) is 5.82. The van der Waals surface area contributed by atoms with Crippen molar-refractivity contribution in [3.63, 3.8) is 0 Å². The number of carbonyl (C=O) groups excluding carboxylic acids is 1. The summed E-state index contributed by atoms with van der Waals surface area (Å²) in [6.07, 6.45) is 1.54. The van der Waals surface area contributed by atoms with E-state index >= 15 is 0 Å². The number of benzene rings is 1. The first kappa shape index (κ1) is 13.7. The SMILES string of the molecule is CCc1ccccc1NC(=O)C(C)(CC)OC. The Bertz CT molecular complexity index is 384. The molecule has 0 saturated heterocycles. The van der Waals surface area contributed by atoms with Crippen LogP contribution in [-0.2, 0) is 16.0 Å². The lowest BCUT2D eigenvalue weighted by atomic mass is 10.0. The second-order valence-electron chi connectivity index (χ2n) is 4.25. The zero-order valence-electron chi connectivity index (χ0n) is 11.0. The summed E-state index contributed by atoms with van der Waals surface area (Å²) < 4.78 is 5.28. The van der Waals surface area contributed by atoms with Gasteiger partial charge in [-0.25, -0.2) is 0 Å². The summed E-state index contributed by atoms with van der Waals surface area (Å²) >= 11 is 0.